The molecule has 0 aromatic heterocycles. The predicted molar refractivity (Wildman–Crippen MR) is 129 cm³/mol. The van der Waals surface area contributed by atoms with Gasteiger partial charge in [0.15, 0.2) is 0 Å². The number of cyclic esters (lactones) is 4. The molecule has 0 spiro atoms. The second kappa shape index (κ2) is 6.56. The molecule has 8 nitrogen and oxygen atoms in total. The molecule has 1 atom stereocenters. The van der Waals surface area contributed by atoms with Crippen LogP contribution in [-0.2, 0) is 9.47 Å². The van der Waals surface area contributed by atoms with Crippen LogP contribution in [0.3, 0.4) is 0 Å². The average Bonchev–Trinajstić information content (AvgIpc) is 2.83. The van der Waals surface area contributed by atoms with Crippen LogP contribution in [0.1, 0.15) is 41.4 Å². The van der Waals surface area contributed by atoms with Crippen molar-refractivity contribution in [3.05, 3.63) is 57.6 Å². The zero-order chi connectivity index (χ0) is 24.3. The van der Waals surface area contributed by atoms with Gasteiger partial charge < -0.3 is 18.7 Å². The smallest absolute Gasteiger partial charge is 0.350 e. The first-order chi connectivity index (χ1) is 16.8. The molecule has 0 saturated heterocycles. The van der Waals surface area contributed by atoms with E-state index in [1.807, 2.05) is 0 Å². The highest BCUT2D eigenvalue weighted by molar-refractivity contribution is 7.10. The van der Waals surface area contributed by atoms with Gasteiger partial charge in [0.05, 0.1) is 38.3 Å². The van der Waals surface area contributed by atoms with Crippen LogP contribution < -0.4 is 9.26 Å². The van der Waals surface area contributed by atoms with Gasteiger partial charge >= 0.3 is 23.9 Å². The van der Waals surface area contributed by atoms with E-state index in [0.29, 0.717) is 48.8 Å². The van der Waals surface area contributed by atoms with Crippen LogP contribution in [0.15, 0.2) is 30.3 Å². The van der Waals surface area contributed by atoms with E-state index in [9.17, 15) is 19.2 Å². The molecule has 0 aliphatic carbocycles. The summed E-state index contributed by atoms with van der Waals surface area (Å²) < 4.78 is 21.0. The van der Waals surface area contributed by atoms with Gasteiger partial charge in [-0.15, -0.1) is 0 Å². The Bertz CT molecular complexity index is 1910. The van der Waals surface area contributed by atoms with Crippen LogP contribution in [0.25, 0.3) is 43.1 Å². The number of benzene rings is 5. The lowest BCUT2D eigenvalue weighted by molar-refractivity contribution is 0.0372. The predicted octanol–water partition coefficient (Wildman–Crippen LogP) is 5.19. The standard InChI is InChI=1S/C25H10ClO8P/c1-31-13-6-11-15-8(22(27)32-23(11)28)3-2-7-9-4-12(26)19-21-16(9)10(17(13)18(7)15)5-14(34-35)20(21)25(30)33-24(19)29/h2-6H,35H2,1H3. The summed E-state index contributed by atoms with van der Waals surface area (Å²) in [4.78, 5) is 50.7. The molecule has 1 unspecified atom stereocenters. The lowest BCUT2D eigenvalue weighted by atomic mass is 9.83. The molecule has 7 rings (SSSR count). The van der Waals surface area contributed by atoms with Crippen molar-refractivity contribution >= 4 is 88.0 Å². The Morgan fingerprint density at radius 2 is 1.40 bits per heavy atom. The zero-order valence-corrected chi connectivity index (χ0v) is 19.5. The fraction of sp³-hybridized carbons (Fsp3) is 0.0400. The molecular weight excluding hydrogens is 495 g/mol. The van der Waals surface area contributed by atoms with Gasteiger partial charge in [-0.3, -0.25) is 0 Å². The van der Waals surface area contributed by atoms with Crippen molar-refractivity contribution in [2.24, 2.45) is 0 Å². The van der Waals surface area contributed by atoms with E-state index in [1.54, 1.807) is 24.3 Å². The summed E-state index contributed by atoms with van der Waals surface area (Å²) in [6, 6.07) is 8.08. The number of halogens is 1. The first-order valence-corrected chi connectivity index (χ1v) is 11.1. The lowest BCUT2D eigenvalue weighted by Crippen LogP contribution is -2.21. The van der Waals surface area contributed by atoms with Gasteiger partial charge in [0.1, 0.15) is 17.1 Å². The molecule has 0 radical (unpaired) electrons. The Labute approximate surface area is 202 Å². The molecule has 0 fully saturated rings. The van der Waals surface area contributed by atoms with E-state index in [4.69, 9.17) is 30.3 Å². The molecule has 170 valence electrons. The van der Waals surface area contributed by atoms with Crippen molar-refractivity contribution < 1.29 is 37.9 Å². The highest BCUT2D eigenvalue weighted by atomic mass is 35.5. The van der Waals surface area contributed by atoms with Crippen LogP contribution in [-0.4, -0.2) is 31.0 Å². The molecule has 2 aliphatic rings. The van der Waals surface area contributed by atoms with Gasteiger partial charge in [-0.25, -0.2) is 19.2 Å². The Kier molecular flexibility index (Phi) is 3.82. The third-order valence-electron chi connectivity index (χ3n) is 6.69. The molecule has 0 saturated carbocycles. The van der Waals surface area contributed by atoms with Crippen LogP contribution in [0.4, 0.5) is 0 Å². The maximum absolute atomic E-state index is 12.8. The Hall–Kier alpha value is -4.00. The van der Waals surface area contributed by atoms with E-state index >= 15 is 0 Å². The average molecular weight is 505 g/mol. The second-order valence-electron chi connectivity index (χ2n) is 8.21. The van der Waals surface area contributed by atoms with Crippen molar-refractivity contribution in [1.29, 1.82) is 0 Å². The highest BCUT2D eigenvalue weighted by Gasteiger charge is 2.37. The van der Waals surface area contributed by atoms with Gasteiger partial charge in [0.2, 0.25) is 0 Å². The van der Waals surface area contributed by atoms with Crippen molar-refractivity contribution in [2.75, 3.05) is 7.11 Å². The summed E-state index contributed by atoms with van der Waals surface area (Å²) in [5, 5.41) is 4.42. The number of carbonyl (C=O) groups excluding carboxylic acids is 4. The maximum Gasteiger partial charge on any atom is 0.350 e. The van der Waals surface area contributed by atoms with Gasteiger partial charge in [-0.2, -0.15) is 0 Å². The molecule has 2 aliphatic heterocycles. The quantitative estimate of drug-likeness (QED) is 0.106. The minimum atomic E-state index is -0.859. The fourth-order valence-electron chi connectivity index (χ4n) is 5.39. The largest absolute Gasteiger partial charge is 0.496 e. The molecule has 2 heterocycles. The summed E-state index contributed by atoms with van der Waals surface area (Å²) in [5.74, 6) is -2.75. The molecular formula is C25H10ClO8P. The third-order valence-corrected chi connectivity index (χ3v) is 7.24. The summed E-state index contributed by atoms with van der Waals surface area (Å²) >= 11 is 6.56. The van der Waals surface area contributed by atoms with Gasteiger partial charge in [0, 0.05) is 21.5 Å². The molecule has 0 bridgehead atoms. The maximum atomic E-state index is 12.8. The fourth-order valence-corrected chi connectivity index (χ4v) is 5.85. The molecule has 10 heteroatoms. The number of hydrogen-bond donors (Lipinski definition) is 0. The van der Waals surface area contributed by atoms with Gasteiger partial charge in [-0.05, 0) is 45.8 Å². The zero-order valence-electron chi connectivity index (χ0n) is 17.6. The monoisotopic (exact) mass is 504 g/mol. The number of fused-ring (bicyclic) bond motifs is 2. The first-order valence-electron chi connectivity index (χ1n) is 10.3. The molecule has 5 aromatic rings. The second-order valence-corrected chi connectivity index (χ2v) is 8.85. The van der Waals surface area contributed by atoms with Gasteiger partial charge in [0.25, 0.3) is 0 Å². The van der Waals surface area contributed by atoms with Crippen molar-refractivity contribution in [2.45, 2.75) is 0 Å². The van der Waals surface area contributed by atoms with Crippen LogP contribution in [0, 0.1) is 0 Å². The van der Waals surface area contributed by atoms with E-state index in [0.717, 1.165) is 0 Å². The van der Waals surface area contributed by atoms with Crippen molar-refractivity contribution in [3.63, 3.8) is 0 Å². The Balaban J connectivity index is 1.88. The van der Waals surface area contributed by atoms with Crippen molar-refractivity contribution in [1.82, 2.24) is 0 Å². The Morgan fingerprint density at radius 3 is 2.14 bits per heavy atom. The van der Waals surface area contributed by atoms with Crippen molar-refractivity contribution in [3.8, 4) is 11.5 Å². The van der Waals surface area contributed by atoms with Gasteiger partial charge in [-0.1, -0.05) is 17.7 Å². The third kappa shape index (κ3) is 2.31. The van der Waals surface area contributed by atoms with Crippen LogP contribution >= 0.6 is 21.1 Å². The number of carbonyl (C=O) groups is 4. The summed E-state index contributed by atoms with van der Waals surface area (Å²) in [7, 11) is 3.54. The minimum absolute atomic E-state index is 0.0527. The lowest BCUT2D eigenvalue weighted by Gasteiger charge is -2.25. The number of hydrogen-bond acceptors (Lipinski definition) is 8. The number of rotatable bonds is 2. The molecule has 35 heavy (non-hydrogen) atoms. The highest BCUT2D eigenvalue weighted by Crippen LogP contribution is 2.51. The van der Waals surface area contributed by atoms with E-state index in [1.165, 1.54) is 13.2 Å². The SMILES string of the molecule is COc1cc2c3c(ccc4c5cc(Cl)c6c7c(c(OP)cc(c1c34)c75)C(=O)OC6=O)C(=O)OC2=O. The molecule has 0 amide bonds. The topological polar surface area (TPSA) is 105 Å². The number of esters is 4. The molecule has 0 N–H and O–H groups in total. The number of methoxy groups -OCH3 is 1. The summed E-state index contributed by atoms with van der Waals surface area (Å²) in [6.07, 6.45) is 0. The van der Waals surface area contributed by atoms with E-state index in [-0.39, 0.29) is 33.0 Å². The van der Waals surface area contributed by atoms with Crippen LogP contribution in [0.2, 0.25) is 5.02 Å². The normalized spacial score (nSPS) is 14.8. The summed E-state index contributed by atoms with van der Waals surface area (Å²) in [5.41, 5.74) is 0.558. The minimum Gasteiger partial charge on any atom is -0.496 e. The molecule has 5 aromatic carbocycles. The first kappa shape index (κ1) is 20.4. The summed E-state index contributed by atoms with van der Waals surface area (Å²) in [6.45, 7) is 0. The van der Waals surface area contributed by atoms with E-state index in [2.05, 4.69) is 9.47 Å². The number of ether oxygens (including phenoxy) is 3. The Morgan fingerprint density at radius 1 is 0.686 bits per heavy atom. The van der Waals surface area contributed by atoms with Crippen LogP contribution in [0.5, 0.6) is 11.5 Å². The van der Waals surface area contributed by atoms with E-state index < -0.39 is 23.9 Å².